The van der Waals surface area contributed by atoms with Gasteiger partial charge in [-0.25, -0.2) is 4.98 Å². The molecule has 5 N–H and O–H groups in total. The van der Waals surface area contributed by atoms with Crippen LogP contribution in [0.15, 0.2) is 48.0 Å². The molecule has 3 aromatic rings. The van der Waals surface area contributed by atoms with Crippen molar-refractivity contribution in [3.63, 3.8) is 0 Å². The van der Waals surface area contributed by atoms with Crippen molar-refractivity contribution in [1.29, 1.82) is 0 Å². The molecule has 0 aliphatic heterocycles. The summed E-state index contributed by atoms with van der Waals surface area (Å²) in [5.74, 6) is -1.27. The standard InChI is InChI=1S/C18H17N5O3S/c1-10(21-17(26)11-5-3-2-4-6-11)16(25)23-18-22-14(9-27-18)12-7-13(15(19)24)20-8-12/h2-10,20H,1H3,(H2,19,24)(H,21,26)(H,22,23,25). The molecule has 27 heavy (non-hydrogen) atoms. The van der Waals surface area contributed by atoms with Crippen LogP contribution >= 0.6 is 11.3 Å². The Kier molecular flexibility index (Phi) is 5.32. The monoisotopic (exact) mass is 383 g/mol. The normalized spacial score (nSPS) is 11.6. The molecule has 0 spiro atoms. The van der Waals surface area contributed by atoms with Crippen LogP contribution in [0.3, 0.4) is 0 Å². The van der Waals surface area contributed by atoms with Crippen LogP contribution in [0.2, 0.25) is 0 Å². The number of nitrogens with one attached hydrogen (secondary N) is 3. The first-order chi connectivity index (χ1) is 12.9. The number of H-pyrrole nitrogens is 1. The van der Waals surface area contributed by atoms with Gasteiger partial charge in [0.25, 0.3) is 11.8 Å². The third-order valence-electron chi connectivity index (χ3n) is 3.76. The molecule has 0 saturated heterocycles. The van der Waals surface area contributed by atoms with E-state index in [1.54, 1.807) is 48.8 Å². The average molecular weight is 383 g/mol. The molecule has 1 unspecified atom stereocenters. The van der Waals surface area contributed by atoms with Crippen molar-refractivity contribution in [2.75, 3.05) is 5.32 Å². The molecule has 3 rings (SSSR count). The largest absolute Gasteiger partial charge is 0.364 e. The van der Waals surface area contributed by atoms with Gasteiger partial charge < -0.3 is 21.4 Å². The van der Waals surface area contributed by atoms with Gasteiger partial charge in [0.1, 0.15) is 11.7 Å². The Morgan fingerprint density at radius 2 is 1.96 bits per heavy atom. The van der Waals surface area contributed by atoms with Gasteiger partial charge >= 0.3 is 0 Å². The minimum absolute atomic E-state index is 0.279. The summed E-state index contributed by atoms with van der Waals surface area (Å²) in [7, 11) is 0. The maximum Gasteiger partial charge on any atom is 0.265 e. The molecule has 0 saturated carbocycles. The Bertz CT molecular complexity index is 980. The lowest BCUT2D eigenvalue weighted by molar-refractivity contribution is -0.117. The molecule has 0 bridgehead atoms. The highest BCUT2D eigenvalue weighted by molar-refractivity contribution is 7.14. The molecule has 8 nitrogen and oxygen atoms in total. The molecule has 0 aliphatic rings. The number of hydrogen-bond acceptors (Lipinski definition) is 5. The van der Waals surface area contributed by atoms with Crippen LogP contribution in [0.4, 0.5) is 5.13 Å². The number of rotatable bonds is 6. The van der Waals surface area contributed by atoms with Gasteiger partial charge in [0.05, 0.1) is 5.69 Å². The summed E-state index contributed by atoms with van der Waals surface area (Å²) < 4.78 is 0. The molecule has 0 radical (unpaired) electrons. The van der Waals surface area contributed by atoms with Gasteiger partial charge in [-0.2, -0.15) is 0 Å². The van der Waals surface area contributed by atoms with E-state index in [0.29, 0.717) is 22.0 Å². The minimum Gasteiger partial charge on any atom is -0.364 e. The van der Waals surface area contributed by atoms with Crippen LogP contribution in [0, 0.1) is 0 Å². The van der Waals surface area contributed by atoms with Gasteiger partial charge in [-0.3, -0.25) is 14.4 Å². The molecular formula is C18H17N5O3S. The fraction of sp³-hybridized carbons (Fsp3) is 0.111. The number of carbonyl (C=O) groups is 3. The second kappa shape index (κ2) is 7.83. The number of primary amides is 1. The quantitative estimate of drug-likeness (QED) is 0.518. The number of hydrogen-bond donors (Lipinski definition) is 4. The Labute approximate surface area is 158 Å². The predicted octanol–water partition coefficient (Wildman–Crippen LogP) is 1.99. The van der Waals surface area contributed by atoms with Crippen molar-refractivity contribution >= 4 is 34.2 Å². The zero-order valence-electron chi connectivity index (χ0n) is 14.4. The second-order valence-corrected chi connectivity index (χ2v) is 6.61. The average Bonchev–Trinajstić information content (AvgIpc) is 3.31. The Morgan fingerprint density at radius 1 is 1.22 bits per heavy atom. The number of nitrogens with two attached hydrogens (primary N) is 1. The molecule has 1 atom stereocenters. The van der Waals surface area contributed by atoms with E-state index in [4.69, 9.17) is 5.73 Å². The third-order valence-corrected chi connectivity index (χ3v) is 4.51. The summed E-state index contributed by atoms with van der Waals surface area (Å²) in [6.07, 6.45) is 1.61. The molecule has 1 aromatic carbocycles. The number of anilines is 1. The van der Waals surface area contributed by atoms with E-state index in [1.807, 2.05) is 6.07 Å². The van der Waals surface area contributed by atoms with Crippen molar-refractivity contribution in [3.05, 3.63) is 59.2 Å². The van der Waals surface area contributed by atoms with Gasteiger partial charge in [-0.1, -0.05) is 18.2 Å². The van der Waals surface area contributed by atoms with Gasteiger partial charge in [0, 0.05) is 22.7 Å². The lowest BCUT2D eigenvalue weighted by Gasteiger charge is -2.12. The second-order valence-electron chi connectivity index (χ2n) is 5.75. The molecule has 0 fully saturated rings. The van der Waals surface area contributed by atoms with Crippen LogP contribution in [0.5, 0.6) is 0 Å². The first-order valence-electron chi connectivity index (χ1n) is 8.05. The van der Waals surface area contributed by atoms with Crippen molar-refractivity contribution < 1.29 is 14.4 Å². The van der Waals surface area contributed by atoms with Crippen molar-refractivity contribution in [2.45, 2.75) is 13.0 Å². The highest BCUT2D eigenvalue weighted by Gasteiger charge is 2.18. The number of benzene rings is 1. The van der Waals surface area contributed by atoms with E-state index in [2.05, 4.69) is 20.6 Å². The Hall–Kier alpha value is -3.46. The van der Waals surface area contributed by atoms with Crippen molar-refractivity contribution in [2.24, 2.45) is 5.73 Å². The topological polar surface area (TPSA) is 130 Å². The maximum absolute atomic E-state index is 12.3. The highest BCUT2D eigenvalue weighted by Crippen LogP contribution is 2.25. The lowest BCUT2D eigenvalue weighted by Crippen LogP contribution is -2.41. The van der Waals surface area contributed by atoms with E-state index in [9.17, 15) is 14.4 Å². The smallest absolute Gasteiger partial charge is 0.265 e. The fourth-order valence-electron chi connectivity index (χ4n) is 2.30. The maximum atomic E-state index is 12.3. The van der Waals surface area contributed by atoms with E-state index in [1.165, 1.54) is 11.3 Å². The Morgan fingerprint density at radius 3 is 2.63 bits per heavy atom. The Balaban J connectivity index is 1.61. The summed E-state index contributed by atoms with van der Waals surface area (Å²) in [6.45, 7) is 1.59. The van der Waals surface area contributed by atoms with Gasteiger partial charge in [-0.05, 0) is 25.1 Å². The third kappa shape index (κ3) is 4.39. The first-order valence-corrected chi connectivity index (χ1v) is 8.93. The number of aromatic nitrogens is 2. The number of aromatic amines is 1. The number of amides is 3. The van der Waals surface area contributed by atoms with E-state index in [-0.39, 0.29) is 17.5 Å². The summed E-state index contributed by atoms with van der Waals surface area (Å²) in [5, 5.41) is 7.44. The van der Waals surface area contributed by atoms with Crippen LogP contribution in [-0.2, 0) is 4.79 Å². The van der Waals surface area contributed by atoms with E-state index in [0.717, 1.165) is 0 Å². The molecule has 0 aliphatic carbocycles. The fourth-order valence-corrected chi connectivity index (χ4v) is 3.02. The van der Waals surface area contributed by atoms with Crippen LogP contribution in [0.25, 0.3) is 11.3 Å². The van der Waals surface area contributed by atoms with Crippen molar-refractivity contribution in [1.82, 2.24) is 15.3 Å². The first kappa shape index (κ1) is 18.3. The van der Waals surface area contributed by atoms with Crippen LogP contribution < -0.4 is 16.4 Å². The zero-order valence-corrected chi connectivity index (χ0v) is 15.2. The van der Waals surface area contributed by atoms with Crippen LogP contribution in [-0.4, -0.2) is 33.7 Å². The van der Waals surface area contributed by atoms with E-state index >= 15 is 0 Å². The van der Waals surface area contributed by atoms with Gasteiger partial charge in [0.15, 0.2) is 5.13 Å². The lowest BCUT2D eigenvalue weighted by atomic mass is 10.2. The molecule has 3 amide bonds. The SMILES string of the molecule is CC(NC(=O)c1ccccc1)C(=O)Nc1nc(-c2c[nH]c(C(N)=O)c2)cs1. The molecule has 2 heterocycles. The molecule has 2 aromatic heterocycles. The van der Waals surface area contributed by atoms with Gasteiger partial charge in [0.2, 0.25) is 5.91 Å². The number of thiazole rings is 1. The molecule has 9 heteroatoms. The summed E-state index contributed by atoms with van der Waals surface area (Å²) in [5.41, 5.74) is 7.25. The van der Waals surface area contributed by atoms with Crippen molar-refractivity contribution in [3.8, 4) is 11.3 Å². The summed E-state index contributed by atoms with van der Waals surface area (Å²) >= 11 is 1.24. The van der Waals surface area contributed by atoms with E-state index < -0.39 is 11.9 Å². The highest BCUT2D eigenvalue weighted by atomic mass is 32.1. The van der Waals surface area contributed by atoms with Gasteiger partial charge in [-0.15, -0.1) is 11.3 Å². The zero-order chi connectivity index (χ0) is 19.4. The molecular weight excluding hydrogens is 366 g/mol. The molecule has 138 valence electrons. The minimum atomic E-state index is -0.737. The predicted molar refractivity (Wildman–Crippen MR) is 102 cm³/mol. The summed E-state index contributed by atoms with van der Waals surface area (Å²) in [6, 6.07) is 9.51. The van der Waals surface area contributed by atoms with Crippen LogP contribution in [0.1, 0.15) is 27.8 Å². The number of carbonyl (C=O) groups excluding carboxylic acids is 3. The number of nitrogens with zero attached hydrogens (tertiary/aromatic N) is 1. The summed E-state index contributed by atoms with van der Waals surface area (Å²) in [4.78, 5) is 42.6.